The number of H-pyrrole nitrogens is 2. The Morgan fingerprint density at radius 2 is 2.17 bits per heavy atom. The molecule has 0 aliphatic carbocycles. The first kappa shape index (κ1) is 22.7. The number of benzene rings is 1. The van der Waals surface area contributed by atoms with Gasteiger partial charge < -0.3 is 5.11 Å². The molecule has 0 saturated carbocycles. The summed E-state index contributed by atoms with van der Waals surface area (Å²) >= 11 is 0. The fraction of sp³-hybridized carbons (Fsp3) is 0.304. The van der Waals surface area contributed by atoms with E-state index in [0.717, 1.165) is 12.1 Å². The first-order valence-electron chi connectivity index (χ1n) is 11.0. The van der Waals surface area contributed by atoms with Crippen LogP contribution in [0.4, 0.5) is 8.78 Å². The summed E-state index contributed by atoms with van der Waals surface area (Å²) in [5.74, 6) is -0.325. The number of pyridine rings is 1. The molecule has 4 heterocycles. The average molecular weight is 479 g/mol. The van der Waals surface area contributed by atoms with Crippen molar-refractivity contribution in [2.75, 3.05) is 6.54 Å². The number of nitriles is 1. The monoisotopic (exact) mass is 479 g/mol. The van der Waals surface area contributed by atoms with Crippen molar-refractivity contribution in [3.05, 3.63) is 77.9 Å². The van der Waals surface area contributed by atoms with E-state index in [4.69, 9.17) is 0 Å². The predicted molar refractivity (Wildman–Crippen MR) is 116 cm³/mol. The third-order valence-corrected chi connectivity index (χ3v) is 6.50. The molecule has 2 atom stereocenters. The minimum absolute atomic E-state index is 0.0105. The van der Waals surface area contributed by atoms with Crippen molar-refractivity contribution >= 4 is 0 Å². The highest BCUT2D eigenvalue weighted by molar-refractivity contribution is 5.62. The van der Waals surface area contributed by atoms with Gasteiger partial charge >= 0.3 is 12.2 Å². The van der Waals surface area contributed by atoms with Crippen LogP contribution in [0.5, 0.6) is 0 Å². The number of aliphatic hydroxyl groups is 1. The van der Waals surface area contributed by atoms with Crippen molar-refractivity contribution in [3.63, 3.8) is 0 Å². The van der Waals surface area contributed by atoms with Gasteiger partial charge in [0, 0.05) is 36.6 Å². The Morgan fingerprint density at radius 1 is 1.31 bits per heavy atom. The number of nitrogens with zero attached hydrogens (tertiary/aromatic N) is 7. The minimum Gasteiger partial charge on any atom is -0.379 e. The summed E-state index contributed by atoms with van der Waals surface area (Å²) in [7, 11) is 0. The molecule has 1 aliphatic heterocycles. The quantitative estimate of drug-likeness (QED) is 0.350. The molecule has 0 amide bonds. The van der Waals surface area contributed by atoms with Gasteiger partial charge in [-0.25, -0.2) is 8.78 Å². The molecular weight excluding hydrogens is 456 g/mol. The van der Waals surface area contributed by atoms with Crippen LogP contribution < -0.4 is 9.36 Å². The van der Waals surface area contributed by atoms with Gasteiger partial charge in [0.1, 0.15) is 42.9 Å². The van der Waals surface area contributed by atoms with Gasteiger partial charge in [-0.05, 0) is 29.0 Å². The van der Waals surface area contributed by atoms with Crippen LogP contribution >= 0.6 is 0 Å². The summed E-state index contributed by atoms with van der Waals surface area (Å²) in [6.45, 7) is 3.21. The van der Waals surface area contributed by atoms with Crippen molar-refractivity contribution in [2.45, 2.75) is 38.2 Å². The molecule has 10 nitrogen and oxygen atoms in total. The largest absolute Gasteiger partial charge is 0.379 e. The molecule has 3 aromatic heterocycles. The number of halogens is 2. The molecule has 0 bridgehead atoms. The normalized spacial score (nSPS) is 16.3. The van der Waals surface area contributed by atoms with Crippen LogP contribution in [0, 0.1) is 23.0 Å². The van der Waals surface area contributed by atoms with Gasteiger partial charge in [0.25, 0.3) is 5.82 Å². The second-order valence-electron chi connectivity index (χ2n) is 8.52. The summed E-state index contributed by atoms with van der Waals surface area (Å²) in [4.78, 5) is 14.7. The van der Waals surface area contributed by atoms with Gasteiger partial charge in [0.15, 0.2) is 0 Å². The summed E-state index contributed by atoms with van der Waals surface area (Å²) in [5.41, 5.74) is -0.677. The minimum atomic E-state index is -1.71. The van der Waals surface area contributed by atoms with Gasteiger partial charge in [-0.2, -0.15) is 24.8 Å². The highest BCUT2D eigenvalue weighted by Gasteiger charge is 2.45. The maximum Gasteiger partial charge on any atom is 0.333 e. The summed E-state index contributed by atoms with van der Waals surface area (Å²) in [6, 6.07) is 6.38. The zero-order valence-electron chi connectivity index (χ0n) is 18.9. The topological polar surface area (TPSA) is 125 Å². The predicted octanol–water partition coefficient (Wildman–Crippen LogP) is 0.712. The number of hydrogen-bond donors (Lipinski definition) is 3. The number of fused-ring (bicyclic) bond motifs is 1. The smallest absolute Gasteiger partial charge is 0.333 e. The molecule has 5 rings (SSSR count). The summed E-state index contributed by atoms with van der Waals surface area (Å²) in [5, 5.41) is 27.4. The number of rotatable bonds is 6. The van der Waals surface area contributed by atoms with Crippen molar-refractivity contribution < 1.29 is 23.3 Å². The number of nitrogens with one attached hydrogen (secondary N) is 2. The van der Waals surface area contributed by atoms with Crippen LogP contribution in [-0.2, 0) is 25.2 Å². The van der Waals surface area contributed by atoms with Crippen LogP contribution in [0.2, 0.25) is 0 Å². The Hall–Kier alpha value is -4.08. The second-order valence-corrected chi connectivity index (χ2v) is 8.52. The first-order chi connectivity index (χ1) is 16.9. The van der Waals surface area contributed by atoms with Crippen LogP contribution in [-0.4, -0.2) is 47.7 Å². The zero-order valence-corrected chi connectivity index (χ0v) is 18.9. The van der Waals surface area contributed by atoms with Crippen LogP contribution in [0.25, 0.3) is 11.4 Å². The summed E-state index contributed by atoms with van der Waals surface area (Å²) in [6.07, 6.45) is 6.08. The molecule has 178 valence electrons. The van der Waals surface area contributed by atoms with Gasteiger partial charge in [0.05, 0.1) is 11.1 Å². The highest BCUT2D eigenvalue weighted by Crippen LogP contribution is 2.32. The van der Waals surface area contributed by atoms with Gasteiger partial charge in [-0.15, -0.1) is 0 Å². The lowest BCUT2D eigenvalue weighted by Gasteiger charge is -2.40. The van der Waals surface area contributed by atoms with E-state index in [-0.39, 0.29) is 12.1 Å². The molecule has 0 unspecified atom stereocenters. The van der Waals surface area contributed by atoms with Crippen molar-refractivity contribution in [1.82, 2.24) is 30.0 Å². The van der Waals surface area contributed by atoms with Crippen LogP contribution in [0.3, 0.4) is 0 Å². The van der Waals surface area contributed by atoms with Crippen molar-refractivity contribution in [1.29, 1.82) is 5.26 Å². The molecule has 1 aliphatic rings. The molecule has 1 aromatic carbocycles. The molecule has 0 radical (unpaired) electrons. The molecular formula is C23H23F2N9O+2. The van der Waals surface area contributed by atoms with Crippen molar-refractivity contribution in [2.24, 2.45) is 0 Å². The van der Waals surface area contributed by atoms with Crippen molar-refractivity contribution in [3.8, 4) is 17.5 Å². The van der Waals surface area contributed by atoms with E-state index in [1.165, 1.54) is 18.7 Å². The van der Waals surface area contributed by atoms with Gasteiger partial charge in [0.2, 0.25) is 6.33 Å². The van der Waals surface area contributed by atoms with Gasteiger partial charge in [-0.1, -0.05) is 6.07 Å². The lowest BCUT2D eigenvalue weighted by Crippen LogP contribution is -2.61. The van der Waals surface area contributed by atoms with E-state index in [0.29, 0.717) is 42.4 Å². The molecule has 4 aromatic rings. The molecule has 35 heavy (non-hydrogen) atoms. The third-order valence-electron chi connectivity index (χ3n) is 6.50. The van der Waals surface area contributed by atoms with E-state index in [9.17, 15) is 19.1 Å². The maximum absolute atomic E-state index is 14.9. The maximum atomic E-state index is 14.9. The SMILES string of the molecule is C[C@@H](N1CC[n+]2[nH]c(-c3cnccc3C#N)nc2C1)[C@](O)(C[n+]1cnc[nH]1)c1ccc(F)cc1F. The number of hydrogen-bond acceptors (Lipinski definition) is 6. The Labute approximate surface area is 199 Å². The highest BCUT2D eigenvalue weighted by atomic mass is 19.1. The molecule has 0 saturated heterocycles. The fourth-order valence-corrected chi connectivity index (χ4v) is 4.52. The molecule has 0 fully saturated rings. The standard InChI is InChI=1S/C23H21F2N9O/c1-15(23(35,12-33-14-28-13-29-33)19-3-2-17(24)8-20(19)25)32-6-7-34-21(11-32)30-22(31-34)18-10-27-5-4-16(18)9-26/h2-5,8,10,13-15,35H,6-7,11-12H2,1H3/p+2/t15-,23-/m1/s1. The van der Waals surface area contributed by atoms with E-state index >= 15 is 0 Å². The lowest BCUT2D eigenvalue weighted by molar-refractivity contribution is -0.768. The fourth-order valence-electron chi connectivity index (χ4n) is 4.52. The summed E-state index contributed by atoms with van der Waals surface area (Å²) < 4.78 is 32.0. The van der Waals surface area contributed by atoms with Crippen LogP contribution in [0.15, 0.2) is 49.3 Å². The van der Waals surface area contributed by atoms with E-state index in [2.05, 4.69) is 31.2 Å². The number of aromatic nitrogens is 7. The third kappa shape index (κ3) is 4.16. The average Bonchev–Trinajstić information content (AvgIpc) is 3.52. The Bertz CT molecular complexity index is 1400. The lowest BCUT2D eigenvalue weighted by atomic mass is 9.85. The molecule has 3 N–H and O–H groups in total. The first-order valence-corrected chi connectivity index (χ1v) is 11.0. The van der Waals surface area contributed by atoms with Gasteiger partial charge in [-0.3, -0.25) is 9.88 Å². The molecule has 0 spiro atoms. The number of aromatic amines is 2. The Morgan fingerprint density at radius 3 is 2.91 bits per heavy atom. The van der Waals surface area contributed by atoms with E-state index in [1.807, 2.05) is 9.58 Å². The Kier molecular flexibility index (Phi) is 5.80. The van der Waals surface area contributed by atoms with E-state index in [1.54, 1.807) is 30.1 Å². The zero-order chi connectivity index (χ0) is 24.6. The molecule has 12 heteroatoms. The van der Waals surface area contributed by atoms with E-state index < -0.39 is 23.3 Å². The van der Waals surface area contributed by atoms with Crippen LogP contribution in [0.1, 0.15) is 23.9 Å². The Balaban J connectivity index is 1.47. The second kappa shape index (κ2) is 8.94.